The van der Waals surface area contributed by atoms with Gasteiger partial charge in [0.2, 0.25) is 0 Å². The van der Waals surface area contributed by atoms with Gasteiger partial charge in [0.15, 0.2) is 0 Å². The van der Waals surface area contributed by atoms with Gasteiger partial charge in [-0.25, -0.2) is 8.42 Å². The fourth-order valence-corrected chi connectivity index (χ4v) is 4.90. The Morgan fingerprint density at radius 3 is 1.23 bits per heavy atom. The van der Waals surface area contributed by atoms with Crippen LogP contribution in [0, 0.1) is 0 Å². The largest absolute Gasteiger partial charge is 1.00 e. The molecule has 0 aliphatic rings. The van der Waals surface area contributed by atoms with Crippen LogP contribution in [0.15, 0.2) is 0 Å². The Kier molecular flexibility index (Phi) is 25.4. The Morgan fingerprint density at radius 1 is 0.633 bits per heavy atom. The normalized spacial score (nSPS) is 13.7. The molecule has 1 N–H and O–H groups in total. The zero-order valence-electron chi connectivity index (χ0n) is 20.4. The molecule has 4 nitrogen and oxygen atoms in total. The number of hydrogen-bond donors (Lipinski definition) is 1. The Hall–Kier alpha value is 0.870. The van der Waals surface area contributed by atoms with Gasteiger partial charge in [0.1, 0.15) is 0 Å². The van der Waals surface area contributed by atoms with Crippen LogP contribution in [0.4, 0.5) is 0 Å². The van der Waals surface area contributed by atoms with E-state index in [4.69, 9.17) is 0 Å². The molecule has 30 heavy (non-hydrogen) atoms. The summed E-state index contributed by atoms with van der Waals surface area (Å²) in [6.07, 6.45) is 21.5. The molecule has 0 aliphatic heterocycles. The third-order valence-electron chi connectivity index (χ3n) is 5.94. The third kappa shape index (κ3) is 23.5. The summed E-state index contributed by atoms with van der Waals surface area (Å²) in [6, 6.07) is 0. The van der Waals surface area contributed by atoms with Gasteiger partial charge in [-0.2, -0.15) is 0 Å². The molecule has 0 radical (unpaired) electrons. The Bertz CT molecular complexity index is 440. The molecule has 0 amide bonds. The van der Waals surface area contributed by atoms with Crippen molar-refractivity contribution in [2.24, 2.45) is 0 Å². The number of aliphatic hydroxyl groups excluding tert-OH is 1. The van der Waals surface area contributed by atoms with E-state index in [1.807, 2.05) is 6.92 Å². The molecule has 0 aromatic rings. The van der Waals surface area contributed by atoms with Crippen LogP contribution >= 0.6 is 0 Å². The molecular formula is C24H49NaO4S. The van der Waals surface area contributed by atoms with E-state index in [1.165, 1.54) is 64.2 Å². The summed E-state index contributed by atoms with van der Waals surface area (Å²) < 4.78 is 34.6. The molecule has 0 saturated carbocycles. The van der Waals surface area contributed by atoms with E-state index >= 15 is 0 Å². The van der Waals surface area contributed by atoms with E-state index in [0.29, 0.717) is 12.8 Å². The van der Waals surface area contributed by atoms with Crippen molar-refractivity contribution >= 4 is 10.1 Å². The van der Waals surface area contributed by atoms with Crippen LogP contribution in [0.5, 0.6) is 0 Å². The predicted molar refractivity (Wildman–Crippen MR) is 123 cm³/mol. The zero-order chi connectivity index (χ0) is 21.8. The minimum Gasteiger partial charge on any atom is -0.748 e. The van der Waals surface area contributed by atoms with Crippen molar-refractivity contribution in [2.45, 2.75) is 154 Å². The first-order chi connectivity index (χ1) is 13.9. The first kappa shape index (κ1) is 33.0. The van der Waals surface area contributed by atoms with Crippen LogP contribution in [0.2, 0.25) is 0 Å². The molecule has 176 valence electrons. The van der Waals surface area contributed by atoms with E-state index in [1.54, 1.807) is 0 Å². The zero-order valence-corrected chi connectivity index (χ0v) is 23.2. The van der Waals surface area contributed by atoms with E-state index < -0.39 is 15.4 Å². The van der Waals surface area contributed by atoms with Crippen molar-refractivity contribution in [3.05, 3.63) is 0 Å². The van der Waals surface area contributed by atoms with E-state index in [0.717, 1.165) is 51.4 Å². The van der Waals surface area contributed by atoms with Crippen molar-refractivity contribution in [1.82, 2.24) is 0 Å². The average molecular weight is 457 g/mol. The third-order valence-corrected chi connectivity index (χ3v) is 7.22. The van der Waals surface area contributed by atoms with Crippen molar-refractivity contribution in [2.75, 3.05) is 0 Å². The molecule has 2 atom stereocenters. The fourth-order valence-electron chi connectivity index (χ4n) is 3.99. The van der Waals surface area contributed by atoms with Crippen LogP contribution in [0.25, 0.3) is 0 Å². The van der Waals surface area contributed by atoms with Crippen molar-refractivity contribution < 1.29 is 47.6 Å². The van der Waals surface area contributed by atoms with E-state index in [-0.39, 0.29) is 35.7 Å². The fraction of sp³-hybridized carbons (Fsp3) is 1.00. The first-order valence-corrected chi connectivity index (χ1v) is 14.0. The molecule has 2 unspecified atom stereocenters. The van der Waals surface area contributed by atoms with Crippen molar-refractivity contribution in [3.63, 3.8) is 0 Å². The molecule has 0 fully saturated rings. The topological polar surface area (TPSA) is 77.4 Å². The molecule has 0 saturated heterocycles. The second-order valence-electron chi connectivity index (χ2n) is 8.99. The van der Waals surface area contributed by atoms with Crippen LogP contribution < -0.4 is 29.6 Å². The Labute approximate surface area is 210 Å². The van der Waals surface area contributed by atoms with Gasteiger partial charge in [-0.1, -0.05) is 116 Å². The maximum atomic E-state index is 11.5. The maximum absolute atomic E-state index is 11.5. The van der Waals surface area contributed by atoms with E-state index in [2.05, 4.69) is 6.92 Å². The van der Waals surface area contributed by atoms with Gasteiger partial charge in [0.25, 0.3) is 0 Å². The van der Waals surface area contributed by atoms with Gasteiger partial charge in [-0.05, 0) is 26.2 Å². The molecule has 6 heteroatoms. The maximum Gasteiger partial charge on any atom is 1.00 e. The van der Waals surface area contributed by atoms with Gasteiger partial charge < -0.3 is 9.66 Å². The van der Waals surface area contributed by atoms with Gasteiger partial charge in [0, 0.05) is 5.25 Å². The number of rotatable bonds is 22. The quantitative estimate of drug-likeness (QED) is 0.151. The van der Waals surface area contributed by atoms with Crippen LogP contribution in [0.3, 0.4) is 0 Å². The van der Waals surface area contributed by atoms with Crippen molar-refractivity contribution in [1.29, 1.82) is 0 Å². The molecule has 0 aliphatic carbocycles. The SMILES string of the molecule is CCCCCCCCCCC(CCCCCCCCCCCC(C)O)S(=O)(=O)[O-].[Na+]. The van der Waals surface area contributed by atoms with Gasteiger partial charge in [0.05, 0.1) is 16.2 Å². The second kappa shape index (κ2) is 23.0. The number of aliphatic hydroxyl groups is 1. The van der Waals surface area contributed by atoms with Gasteiger partial charge in [-0.15, -0.1) is 0 Å². The minimum atomic E-state index is -4.15. The number of hydrogen-bond acceptors (Lipinski definition) is 4. The van der Waals surface area contributed by atoms with Crippen LogP contribution in [0.1, 0.15) is 142 Å². The summed E-state index contributed by atoms with van der Waals surface area (Å²) in [5.74, 6) is 0. The summed E-state index contributed by atoms with van der Waals surface area (Å²) in [5, 5.41) is 8.55. The molecular weight excluding hydrogens is 407 g/mol. The summed E-state index contributed by atoms with van der Waals surface area (Å²) in [6.45, 7) is 4.06. The predicted octanol–water partition coefficient (Wildman–Crippen LogP) is 4.11. The molecule has 0 aromatic heterocycles. The average Bonchev–Trinajstić information content (AvgIpc) is 2.65. The Balaban J connectivity index is 0. The summed E-state index contributed by atoms with van der Waals surface area (Å²) in [4.78, 5) is 0. The molecule has 0 heterocycles. The summed E-state index contributed by atoms with van der Waals surface area (Å²) in [5.41, 5.74) is 0. The minimum absolute atomic E-state index is 0. The molecule has 0 spiro atoms. The van der Waals surface area contributed by atoms with Gasteiger partial charge >= 0.3 is 29.6 Å². The van der Waals surface area contributed by atoms with Crippen LogP contribution in [-0.4, -0.2) is 29.4 Å². The number of unbranched alkanes of at least 4 members (excludes halogenated alkanes) is 15. The second-order valence-corrected chi connectivity index (χ2v) is 10.6. The summed E-state index contributed by atoms with van der Waals surface area (Å²) >= 11 is 0. The van der Waals surface area contributed by atoms with Gasteiger partial charge in [-0.3, -0.25) is 0 Å². The molecule has 0 rings (SSSR count). The molecule has 0 bridgehead atoms. The van der Waals surface area contributed by atoms with Crippen LogP contribution in [-0.2, 0) is 10.1 Å². The molecule has 0 aromatic carbocycles. The van der Waals surface area contributed by atoms with Crippen molar-refractivity contribution in [3.8, 4) is 0 Å². The summed E-state index contributed by atoms with van der Waals surface area (Å²) in [7, 11) is -4.15. The Morgan fingerprint density at radius 2 is 0.933 bits per heavy atom. The standard InChI is InChI=1S/C24H50O4S.Na/c1-3-4-5-6-7-12-15-18-21-24(29(26,27)28)22-19-16-13-10-8-9-11-14-17-20-23(2)25;/h23-25H,3-22H2,1-2H3,(H,26,27,28);/q;+1/p-1. The monoisotopic (exact) mass is 456 g/mol. The smallest absolute Gasteiger partial charge is 0.748 e. The first-order valence-electron chi connectivity index (χ1n) is 12.5. The van der Waals surface area contributed by atoms with E-state index in [9.17, 15) is 18.1 Å².